The summed E-state index contributed by atoms with van der Waals surface area (Å²) >= 11 is 0. The molecule has 0 unspecified atom stereocenters. The van der Waals surface area contributed by atoms with Gasteiger partial charge in [0, 0.05) is 7.11 Å². The largest absolute Gasteiger partial charge is 0.380 e. The molecular weight excluding hydrogens is 148 g/mol. The van der Waals surface area contributed by atoms with Crippen molar-refractivity contribution in [2.75, 3.05) is 13.7 Å². The van der Waals surface area contributed by atoms with E-state index in [9.17, 15) is 0 Å². The van der Waals surface area contributed by atoms with E-state index in [0.717, 1.165) is 19.4 Å². The van der Waals surface area contributed by atoms with E-state index >= 15 is 0 Å². The van der Waals surface area contributed by atoms with Crippen LogP contribution in [0.3, 0.4) is 0 Å². The summed E-state index contributed by atoms with van der Waals surface area (Å²) in [5, 5.41) is 0. The Balaban J connectivity index is 3.39. The SMILES string of the molecule is C=C(C)CCCC=C(C)COC. The lowest BCUT2D eigenvalue weighted by Crippen LogP contribution is -1.89. The van der Waals surface area contributed by atoms with E-state index in [4.69, 9.17) is 4.74 Å². The van der Waals surface area contributed by atoms with Crippen molar-refractivity contribution in [2.45, 2.75) is 33.1 Å². The summed E-state index contributed by atoms with van der Waals surface area (Å²) in [5.74, 6) is 0. The Hall–Kier alpha value is -0.560. The molecule has 0 spiro atoms. The Kier molecular flexibility index (Phi) is 6.78. The van der Waals surface area contributed by atoms with E-state index in [1.807, 2.05) is 0 Å². The quantitative estimate of drug-likeness (QED) is 0.436. The molecule has 0 fully saturated rings. The molecular formula is C11H20O. The van der Waals surface area contributed by atoms with Gasteiger partial charge in [0.05, 0.1) is 6.61 Å². The normalized spacial score (nSPS) is 11.8. The van der Waals surface area contributed by atoms with E-state index in [1.54, 1.807) is 7.11 Å². The first kappa shape index (κ1) is 11.4. The first-order valence-electron chi connectivity index (χ1n) is 4.45. The number of unbranched alkanes of at least 4 members (excludes halogenated alkanes) is 1. The standard InChI is InChI=1S/C11H20O/c1-10(2)7-5-6-8-11(3)9-12-4/h8H,1,5-7,9H2,2-4H3. The van der Waals surface area contributed by atoms with Crippen molar-refractivity contribution in [1.29, 1.82) is 0 Å². The van der Waals surface area contributed by atoms with Crippen LogP contribution in [0.25, 0.3) is 0 Å². The highest BCUT2D eigenvalue weighted by atomic mass is 16.5. The number of ether oxygens (including phenoxy) is 1. The lowest BCUT2D eigenvalue weighted by atomic mass is 10.1. The molecule has 1 nitrogen and oxygen atoms in total. The van der Waals surface area contributed by atoms with Gasteiger partial charge >= 0.3 is 0 Å². The summed E-state index contributed by atoms with van der Waals surface area (Å²) in [6.45, 7) is 8.80. The molecule has 0 rings (SSSR count). The fraction of sp³-hybridized carbons (Fsp3) is 0.636. The third-order valence-corrected chi connectivity index (χ3v) is 1.67. The van der Waals surface area contributed by atoms with Gasteiger partial charge in [-0.15, -0.1) is 6.58 Å². The molecule has 0 radical (unpaired) electrons. The van der Waals surface area contributed by atoms with Crippen molar-refractivity contribution in [1.82, 2.24) is 0 Å². The van der Waals surface area contributed by atoms with Crippen molar-refractivity contribution in [3.63, 3.8) is 0 Å². The van der Waals surface area contributed by atoms with Crippen LogP contribution < -0.4 is 0 Å². The minimum absolute atomic E-state index is 0.757. The van der Waals surface area contributed by atoms with Crippen molar-refractivity contribution in [3.05, 3.63) is 23.8 Å². The third-order valence-electron chi connectivity index (χ3n) is 1.67. The maximum Gasteiger partial charge on any atom is 0.0670 e. The Labute approximate surface area is 76.1 Å². The second kappa shape index (κ2) is 7.11. The van der Waals surface area contributed by atoms with Crippen LogP contribution in [0.1, 0.15) is 33.1 Å². The molecule has 1 heteroatoms. The average molecular weight is 168 g/mol. The molecule has 0 aliphatic rings. The molecule has 0 aromatic heterocycles. The summed E-state index contributed by atoms with van der Waals surface area (Å²) in [6.07, 6.45) is 5.72. The molecule has 0 N–H and O–H groups in total. The fourth-order valence-corrected chi connectivity index (χ4v) is 1.04. The van der Waals surface area contributed by atoms with Crippen molar-refractivity contribution < 1.29 is 4.74 Å². The number of hydrogen-bond donors (Lipinski definition) is 0. The predicted octanol–water partition coefficient (Wildman–Crippen LogP) is 3.33. The fourth-order valence-electron chi connectivity index (χ4n) is 1.04. The van der Waals surface area contributed by atoms with E-state index in [2.05, 4.69) is 26.5 Å². The van der Waals surface area contributed by atoms with Gasteiger partial charge in [0.1, 0.15) is 0 Å². The highest BCUT2D eigenvalue weighted by Crippen LogP contribution is 2.06. The van der Waals surface area contributed by atoms with Crippen LogP contribution >= 0.6 is 0 Å². The summed E-state index contributed by atoms with van der Waals surface area (Å²) in [6, 6.07) is 0. The number of hydrogen-bond acceptors (Lipinski definition) is 1. The molecule has 0 aliphatic carbocycles. The summed E-state index contributed by atoms with van der Waals surface area (Å²) < 4.78 is 5.00. The highest BCUT2D eigenvalue weighted by Gasteiger charge is 1.88. The van der Waals surface area contributed by atoms with Crippen molar-refractivity contribution >= 4 is 0 Å². The molecule has 0 saturated carbocycles. The second-order valence-electron chi connectivity index (χ2n) is 3.33. The number of allylic oxidation sites excluding steroid dienone is 2. The van der Waals surface area contributed by atoms with Gasteiger partial charge in [-0.1, -0.05) is 17.2 Å². The third kappa shape index (κ3) is 7.55. The van der Waals surface area contributed by atoms with Crippen LogP contribution in [0, 0.1) is 0 Å². The molecule has 0 aliphatic heterocycles. The Morgan fingerprint density at radius 2 is 2.08 bits per heavy atom. The maximum absolute atomic E-state index is 5.00. The molecule has 0 aromatic carbocycles. The summed E-state index contributed by atoms with van der Waals surface area (Å²) in [5.41, 5.74) is 2.59. The molecule has 0 heterocycles. The number of rotatable bonds is 6. The van der Waals surface area contributed by atoms with Crippen molar-refractivity contribution in [3.8, 4) is 0 Å². The van der Waals surface area contributed by atoms with Crippen molar-refractivity contribution in [2.24, 2.45) is 0 Å². The number of methoxy groups -OCH3 is 1. The van der Waals surface area contributed by atoms with E-state index in [0.29, 0.717) is 0 Å². The van der Waals surface area contributed by atoms with Gasteiger partial charge < -0.3 is 4.74 Å². The zero-order valence-electron chi connectivity index (χ0n) is 8.52. The molecule has 0 bridgehead atoms. The zero-order chi connectivity index (χ0) is 9.40. The molecule has 70 valence electrons. The minimum atomic E-state index is 0.757. The summed E-state index contributed by atoms with van der Waals surface area (Å²) in [4.78, 5) is 0. The Morgan fingerprint density at radius 1 is 1.42 bits per heavy atom. The maximum atomic E-state index is 5.00. The smallest absolute Gasteiger partial charge is 0.0670 e. The van der Waals surface area contributed by atoms with Crippen LogP contribution in [-0.2, 0) is 4.74 Å². The lowest BCUT2D eigenvalue weighted by Gasteiger charge is -1.99. The van der Waals surface area contributed by atoms with Gasteiger partial charge in [-0.3, -0.25) is 0 Å². The van der Waals surface area contributed by atoms with Gasteiger partial charge in [-0.2, -0.15) is 0 Å². The Morgan fingerprint density at radius 3 is 2.58 bits per heavy atom. The predicted molar refractivity (Wildman–Crippen MR) is 54.3 cm³/mol. The van der Waals surface area contributed by atoms with Gasteiger partial charge in [0.15, 0.2) is 0 Å². The molecule has 0 atom stereocenters. The van der Waals surface area contributed by atoms with Gasteiger partial charge in [0.25, 0.3) is 0 Å². The lowest BCUT2D eigenvalue weighted by molar-refractivity contribution is 0.225. The molecule has 12 heavy (non-hydrogen) atoms. The van der Waals surface area contributed by atoms with E-state index in [1.165, 1.54) is 17.6 Å². The molecule has 0 aromatic rings. The monoisotopic (exact) mass is 168 g/mol. The Bertz CT molecular complexity index is 156. The van der Waals surface area contributed by atoms with Gasteiger partial charge in [-0.05, 0) is 33.1 Å². The van der Waals surface area contributed by atoms with E-state index < -0.39 is 0 Å². The van der Waals surface area contributed by atoms with Crippen LogP contribution in [0.4, 0.5) is 0 Å². The zero-order valence-corrected chi connectivity index (χ0v) is 8.52. The van der Waals surface area contributed by atoms with Gasteiger partial charge in [-0.25, -0.2) is 0 Å². The topological polar surface area (TPSA) is 9.23 Å². The van der Waals surface area contributed by atoms with E-state index in [-0.39, 0.29) is 0 Å². The summed E-state index contributed by atoms with van der Waals surface area (Å²) in [7, 11) is 1.73. The average Bonchev–Trinajstić information content (AvgIpc) is 1.98. The first-order chi connectivity index (χ1) is 5.66. The van der Waals surface area contributed by atoms with Gasteiger partial charge in [0.2, 0.25) is 0 Å². The van der Waals surface area contributed by atoms with Crippen LogP contribution in [0.5, 0.6) is 0 Å². The van der Waals surface area contributed by atoms with Crippen LogP contribution in [-0.4, -0.2) is 13.7 Å². The minimum Gasteiger partial charge on any atom is -0.380 e. The van der Waals surface area contributed by atoms with Crippen LogP contribution in [0.15, 0.2) is 23.8 Å². The second-order valence-corrected chi connectivity index (χ2v) is 3.33. The highest BCUT2D eigenvalue weighted by molar-refractivity contribution is 4.98. The van der Waals surface area contributed by atoms with Crippen LogP contribution in [0.2, 0.25) is 0 Å². The molecule has 0 saturated heterocycles. The first-order valence-corrected chi connectivity index (χ1v) is 4.45. The molecule has 0 amide bonds.